The molecule has 1 fully saturated rings. The Morgan fingerprint density at radius 3 is 2.24 bits per heavy atom. The first kappa shape index (κ1) is 16.5. The van der Waals surface area contributed by atoms with Crippen LogP contribution in [0.2, 0.25) is 0 Å². The summed E-state index contributed by atoms with van der Waals surface area (Å²) in [5, 5.41) is 9.51. The molecule has 4 nitrogen and oxygen atoms in total. The molecular formula is C16H25NO3S. The second kappa shape index (κ2) is 6.07. The quantitative estimate of drug-likeness (QED) is 0.933. The Labute approximate surface area is 127 Å². The Bertz CT molecular complexity index is 611. The molecule has 0 spiro atoms. The summed E-state index contributed by atoms with van der Waals surface area (Å²) in [5.41, 5.74) is 3.63. The lowest BCUT2D eigenvalue weighted by Crippen LogP contribution is -2.45. The molecule has 1 unspecified atom stereocenters. The fraction of sp³-hybridized carbons (Fsp3) is 0.625. The van der Waals surface area contributed by atoms with Crippen molar-refractivity contribution in [1.82, 2.24) is 4.31 Å². The summed E-state index contributed by atoms with van der Waals surface area (Å²) in [6, 6.07) is 1.74. The number of aliphatic hydroxyl groups is 1. The lowest BCUT2D eigenvalue weighted by molar-refractivity contribution is 0.155. The Kier molecular flexibility index (Phi) is 4.76. The summed E-state index contributed by atoms with van der Waals surface area (Å²) in [4.78, 5) is 0.431. The van der Waals surface area contributed by atoms with E-state index in [1.807, 2.05) is 33.8 Å². The number of benzene rings is 1. The van der Waals surface area contributed by atoms with E-state index < -0.39 is 10.0 Å². The molecule has 0 aliphatic carbocycles. The van der Waals surface area contributed by atoms with Gasteiger partial charge in [0.25, 0.3) is 0 Å². The molecule has 1 saturated heterocycles. The van der Waals surface area contributed by atoms with Gasteiger partial charge in [0.1, 0.15) is 0 Å². The molecule has 1 heterocycles. The van der Waals surface area contributed by atoms with Crippen LogP contribution in [0.5, 0.6) is 0 Å². The zero-order valence-corrected chi connectivity index (χ0v) is 14.1. The second-order valence-electron chi connectivity index (χ2n) is 6.04. The molecule has 1 aromatic rings. The van der Waals surface area contributed by atoms with Crippen LogP contribution in [-0.2, 0) is 10.0 Å². The maximum atomic E-state index is 13.1. The molecule has 1 N–H and O–H groups in total. The molecule has 0 saturated carbocycles. The molecule has 1 aromatic carbocycles. The summed E-state index contributed by atoms with van der Waals surface area (Å²) in [6.45, 7) is 8.02. The van der Waals surface area contributed by atoms with Gasteiger partial charge in [-0.3, -0.25) is 0 Å². The van der Waals surface area contributed by atoms with Gasteiger partial charge in [-0.2, -0.15) is 4.31 Å². The van der Waals surface area contributed by atoms with Crippen molar-refractivity contribution in [3.8, 4) is 0 Å². The van der Waals surface area contributed by atoms with E-state index in [-0.39, 0.29) is 12.6 Å². The molecule has 1 aliphatic heterocycles. The van der Waals surface area contributed by atoms with Crippen molar-refractivity contribution in [2.24, 2.45) is 0 Å². The van der Waals surface area contributed by atoms with Crippen LogP contribution in [-0.4, -0.2) is 37.0 Å². The first-order valence-corrected chi connectivity index (χ1v) is 8.94. The number of hydrogen-bond acceptors (Lipinski definition) is 3. The van der Waals surface area contributed by atoms with E-state index in [1.54, 1.807) is 0 Å². The van der Waals surface area contributed by atoms with Crippen LogP contribution in [0.3, 0.4) is 0 Å². The van der Waals surface area contributed by atoms with Crippen LogP contribution in [0, 0.1) is 27.7 Å². The number of nitrogens with zero attached hydrogens (tertiary/aromatic N) is 1. The molecule has 118 valence electrons. The fourth-order valence-corrected chi connectivity index (χ4v) is 5.42. The first-order valence-electron chi connectivity index (χ1n) is 7.50. The largest absolute Gasteiger partial charge is 0.395 e. The minimum atomic E-state index is -3.56. The predicted octanol–water partition coefficient (Wildman–Crippen LogP) is 2.46. The summed E-state index contributed by atoms with van der Waals surface area (Å²) < 4.78 is 27.7. The van der Waals surface area contributed by atoms with Crippen molar-refractivity contribution < 1.29 is 13.5 Å². The van der Waals surface area contributed by atoms with Gasteiger partial charge in [-0.25, -0.2) is 8.42 Å². The number of aryl methyl sites for hydroxylation is 2. The van der Waals surface area contributed by atoms with E-state index >= 15 is 0 Å². The summed E-state index contributed by atoms with van der Waals surface area (Å²) in [7, 11) is -3.56. The molecule has 0 bridgehead atoms. The van der Waals surface area contributed by atoms with Gasteiger partial charge in [-0.1, -0.05) is 12.5 Å². The van der Waals surface area contributed by atoms with E-state index in [0.29, 0.717) is 11.4 Å². The lowest BCUT2D eigenvalue weighted by Gasteiger charge is -2.34. The van der Waals surface area contributed by atoms with E-state index in [1.165, 1.54) is 4.31 Å². The van der Waals surface area contributed by atoms with Gasteiger partial charge in [0.2, 0.25) is 10.0 Å². The van der Waals surface area contributed by atoms with Crippen molar-refractivity contribution in [3.63, 3.8) is 0 Å². The molecule has 0 amide bonds. The fourth-order valence-electron chi connectivity index (χ4n) is 3.16. The van der Waals surface area contributed by atoms with Crippen LogP contribution in [0.1, 0.15) is 41.5 Å². The molecule has 0 aromatic heterocycles. The van der Waals surface area contributed by atoms with Gasteiger partial charge in [0.05, 0.1) is 11.5 Å². The van der Waals surface area contributed by atoms with Crippen molar-refractivity contribution in [3.05, 3.63) is 28.3 Å². The zero-order chi connectivity index (χ0) is 15.8. The minimum Gasteiger partial charge on any atom is -0.395 e. The average Bonchev–Trinajstić information content (AvgIpc) is 2.45. The average molecular weight is 311 g/mol. The Hall–Kier alpha value is -0.910. The molecule has 21 heavy (non-hydrogen) atoms. The molecule has 1 aliphatic rings. The van der Waals surface area contributed by atoms with E-state index in [2.05, 4.69) is 0 Å². The Balaban J connectivity index is 2.59. The number of aliphatic hydroxyl groups excluding tert-OH is 1. The number of rotatable bonds is 3. The van der Waals surface area contributed by atoms with Crippen molar-refractivity contribution >= 4 is 10.0 Å². The van der Waals surface area contributed by atoms with Crippen molar-refractivity contribution in [2.45, 2.75) is 57.9 Å². The normalized spacial score (nSPS) is 20.7. The van der Waals surface area contributed by atoms with E-state index in [9.17, 15) is 13.5 Å². The van der Waals surface area contributed by atoms with Crippen LogP contribution in [0.4, 0.5) is 0 Å². The summed E-state index contributed by atoms with van der Waals surface area (Å²) >= 11 is 0. The smallest absolute Gasteiger partial charge is 0.243 e. The maximum absolute atomic E-state index is 13.1. The van der Waals surface area contributed by atoms with Gasteiger partial charge >= 0.3 is 0 Å². The van der Waals surface area contributed by atoms with Gasteiger partial charge in [-0.05, 0) is 62.8 Å². The van der Waals surface area contributed by atoms with Gasteiger partial charge in [-0.15, -0.1) is 0 Å². The highest BCUT2D eigenvalue weighted by Gasteiger charge is 2.35. The third-order valence-corrected chi connectivity index (χ3v) is 6.87. The SMILES string of the molecule is Cc1cc(C)c(C)c(S(=O)(=O)N2CCCCC2CO)c1C. The van der Waals surface area contributed by atoms with Gasteiger partial charge < -0.3 is 5.11 Å². The molecular weight excluding hydrogens is 286 g/mol. The van der Waals surface area contributed by atoms with Crippen LogP contribution in [0.15, 0.2) is 11.0 Å². The number of piperidine rings is 1. The zero-order valence-electron chi connectivity index (χ0n) is 13.3. The van der Waals surface area contributed by atoms with E-state index in [0.717, 1.165) is 41.5 Å². The molecule has 0 radical (unpaired) electrons. The predicted molar refractivity (Wildman–Crippen MR) is 84.0 cm³/mol. The highest BCUT2D eigenvalue weighted by Crippen LogP contribution is 2.32. The second-order valence-corrected chi connectivity index (χ2v) is 7.86. The molecule has 1 atom stereocenters. The maximum Gasteiger partial charge on any atom is 0.243 e. The third kappa shape index (κ3) is 2.87. The van der Waals surface area contributed by atoms with Crippen molar-refractivity contribution in [1.29, 1.82) is 0 Å². The summed E-state index contributed by atoms with van der Waals surface area (Å²) in [6.07, 6.45) is 2.57. The van der Waals surface area contributed by atoms with E-state index in [4.69, 9.17) is 0 Å². The van der Waals surface area contributed by atoms with Gasteiger partial charge in [0, 0.05) is 12.6 Å². The minimum absolute atomic E-state index is 0.109. The molecule has 5 heteroatoms. The Morgan fingerprint density at radius 1 is 1.14 bits per heavy atom. The van der Waals surface area contributed by atoms with Crippen LogP contribution in [0.25, 0.3) is 0 Å². The Morgan fingerprint density at radius 2 is 1.71 bits per heavy atom. The third-order valence-electron chi connectivity index (χ3n) is 4.65. The first-order chi connectivity index (χ1) is 9.80. The number of sulfonamides is 1. The summed E-state index contributed by atoms with van der Waals surface area (Å²) in [5.74, 6) is 0. The van der Waals surface area contributed by atoms with Crippen molar-refractivity contribution in [2.75, 3.05) is 13.2 Å². The van der Waals surface area contributed by atoms with Gasteiger partial charge in [0.15, 0.2) is 0 Å². The lowest BCUT2D eigenvalue weighted by atomic mass is 10.0. The topological polar surface area (TPSA) is 57.6 Å². The highest BCUT2D eigenvalue weighted by atomic mass is 32.2. The highest BCUT2D eigenvalue weighted by molar-refractivity contribution is 7.89. The van der Waals surface area contributed by atoms with Crippen LogP contribution >= 0.6 is 0 Å². The van der Waals surface area contributed by atoms with Crippen LogP contribution < -0.4 is 0 Å². The number of hydrogen-bond donors (Lipinski definition) is 1. The standard InChI is InChI=1S/C16H25NO3S/c1-11-9-12(2)14(4)16(13(11)3)21(19,20)17-8-6-5-7-15(17)10-18/h9,15,18H,5-8,10H2,1-4H3. The monoisotopic (exact) mass is 311 g/mol. The molecule has 2 rings (SSSR count).